The average Bonchev–Trinajstić information content (AvgIpc) is 2.42. The van der Waals surface area contributed by atoms with Crippen LogP contribution in [0.4, 0.5) is 0 Å². The summed E-state index contributed by atoms with van der Waals surface area (Å²) >= 11 is 0. The smallest absolute Gasteiger partial charge is 0.324 e. The topological polar surface area (TPSA) is 88.0 Å². The van der Waals surface area contributed by atoms with Crippen molar-refractivity contribution >= 4 is 5.97 Å². The van der Waals surface area contributed by atoms with Gasteiger partial charge in [0.15, 0.2) is 11.5 Å². The quantitative estimate of drug-likeness (QED) is 0.660. The number of hydrogen-bond acceptors (Lipinski definition) is 5. The molecule has 0 heterocycles. The van der Waals surface area contributed by atoms with E-state index in [-0.39, 0.29) is 19.3 Å². The Labute approximate surface area is 118 Å². The summed E-state index contributed by atoms with van der Waals surface area (Å²) < 4.78 is 10.7. The molecule has 3 N–H and O–H groups in total. The van der Waals surface area contributed by atoms with Gasteiger partial charge in [-0.25, -0.2) is 0 Å². The Morgan fingerprint density at radius 1 is 1.35 bits per heavy atom. The molecule has 1 unspecified atom stereocenters. The Kier molecular flexibility index (Phi) is 6.27. The van der Waals surface area contributed by atoms with Gasteiger partial charge in [0.1, 0.15) is 12.6 Å². The normalized spacial score (nSPS) is 12.2. The van der Waals surface area contributed by atoms with Crippen molar-refractivity contribution in [2.75, 3.05) is 13.7 Å². The summed E-state index contributed by atoms with van der Waals surface area (Å²) in [4.78, 5) is 11.1. The van der Waals surface area contributed by atoms with Gasteiger partial charge in [-0.15, -0.1) is 0 Å². The molecule has 0 saturated heterocycles. The largest absolute Gasteiger partial charge is 0.493 e. The highest BCUT2D eigenvalue weighted by molar-refractivity contribution is 5.73. The molecule has 0 fully saturated rings. The Balaban J connectivity index is 2.74. The zero-order chi connectivity index (χ0) is 15.1. The van der Waals surface area contributed by atoms with E-state index < -0.39 is 12.0 Å². The highest BCUT2D eigenvalue weighted by atomic mass is 16.5. The zero-order valence-corrected chi connectivity index (χ0v) is 11.9. The first-order valence-corrected chi connectivity index (χ1v) is 6.37. The van der Waals surface area contributed by atoms with Crippen LogP contribution in [0.1, 0.15) is 19.4 Å². The van der Waals surface area contributed by atoms with E-state index >= 15 is 0 Å². The highest BCUT2D eigenvalue weighted by Gasteiger charge is 2.19. The lowest BCUT2D eigenvalue weighted by atomic mass is 10.2. The van der Waals surface area contributed by atoms with E-state index in [1.807, 2.05) is 13.8 Å². The van der Waals surface area contributed by atoms with Gasteiger partial charge in [0.25, 0.3) is 0 Å². The molecule has 6 nitrogen and oxygen atoms in total. The third-order valence-corrected chi connectivity index (χ3v) is 2.65. The van der Waals surface area contributed by atoms with Gasteiger partial charge < -0.3 is 19.7 Å². The lowest BCUT2D eigenvalue weighted by molar-refractivity contribution is -0.140. The van der Waals surface area contributed by atoms with Crippen LogP contribution >= 0.6 is 0 Å². The molecule has 0 bridgehead atoms. The van der Waals surface area contributed by atoms with Crippen LogP contribution in [0.25, 0.3) is 0 Å². The van der Waals surface area contributed by atoms with Gasteiger partial charge in [-0.2, -0.15) is 0 Å². The predicted octanol–water partition coefficient (Wildman–Crippen LogP) is 1.02. The van der Waals surface area contributed by atoms with Crippen LogP contribution in [-0.4, -0.2) is 42.0 Å². The maximum atomic E-state index is 11.1. The molecule has 0 aliphatic heterocycles. The first-order valence-electron chi connectivity index (χ1n) is 6.37. The number of ether oxygens (including phenoxy) is 2. The molecule has 0 aliphatic rings. The van der Waals surface area contributed by atoms with Crippen LogP contribution in [0, 0.1) is 0 Å². The minimum absolute atomic E-state index is 0.0116. The number of nitrogens with one attached hydrogen (secondary N) is 1. The summed E-state index contributed by atoms with van der Waals surface area (Å²) in [5, 5.41) is 21.1. The molecule has 1 atom stereocenters. The highest BCUT2D eigenvalue weighted by Crippen LogP contribution is 2.28. The summed E-state index contributed by atoms with van der Waals surface area (Å²) in [7, 11) is 1.49. The first-order chi connectivity index (χ1) is 9.47. The summed E-state index contributed by atoms with van der Waals surface area (Å²) in [5.41, 5.74) is 0.698. The Hall–Kier alpha value is -1.79. The molecule has 0 amide bonds. The van der Waals surface area contributed by atoms with Crippen molar-refractivity contribution in [3.8, 4) is 11.5 Å². The van der Waals surface area contributed by atoms with Crippen LogP contribution in [0.3, 0.4) is 0 Å². The van der Waals surface area contributed by atoms with E-state index in [1.165, 1.54) is 7.11 Å². The number of methoxy groups -OCH3 is 1. The van der Waals surface area contributed by atoms with Gasteiger partial charge in [0.2, 0.25) is 0 Å². The summed E-state index contributed by atoms with van der Waals surface area (Å²) in [6.07, 6.45) is 0. The van der Waals surface area contributed by atoms with Crippen molar-refractivity contribution in [3.05, 3.63) is 23.8 Å². The molecule has 1 aromatic carbocycles. The fraction of sp³-hybridized carbons (Fsp3) is 0.500. The summed E-state index contributed by atoms with van der Waals surface area (Å²) in [5.74, 6) is -0.0589. The molecule has 0 radical (unpaired) electrons. The lowest BCUT2D eigenvalue weighted by Crippen LogP contribution is -2.44. The van der Waals surface area contributed by atoms with Crippen LogP contribution < -0.4 is 14.8 Å². The second-order valence-corrected chi connectivity index (χ2v) is 4.67. The molecule has 0 saturated carbocycles. The number of carbonyl (C=O) groups is 1. The van der Waals surface area contributed by atoms with E-state index in [2.05, 4.69) is 5.32 Å². The summed E-state index contributed by atoms with van der Waals surface area (Å²) in [6, 6.07) is 4.25. The standard InChI is InChI=1S/C14H21NO5/c1-9(2)15-11(14(17)18)8-20-12-5-4-10(7-16)6-13(12)19-3/h4-6,9,11,15-16H,7-8H2,1-3H3,(H,17,18). The van der Waals surface area contributed by atoms with Gasteiger partial charge in [-0.3, -0.25) is 10.1 Å². The molecular formula is C14H21NO5. The van der Waals surface area contributed by atoms with Crippen molar-refractivity contribution in [3.63, 3.8) is 0 Å². The number of carboxylic acid groups (broad SMARTS) is 1. The van der Waals surface area contributed by atoms with Crippen LogP contribution in [0.5, 0.6) is 11.5 Å². The van der Waals surface area contributed by atoms with E-state index in [4.69, 9.17) is 19.7 Å². The minimum Gasteiger partial charge on any atom is -0.493 e. The Morgan fingerprint density at radius 2 is 2.05 bits per heavy atom. The number of rotatable bonds is 8. The average molecular weight is 283 g/mol. The molecule has 0 aromatic heterocycles. The molecule has 6 heteroatoms. The molecule has 0 aliphatic carbocycles. The molecule has 20 heavy (non-hydrogen) atoms. The molecule has 1 aromatic rings. The lowest BCUT2D eigenvalue weighted by Gasteiger charge is -2.19. The number of aliphatic carboxylic acids is 1. The first kappa shape index (κ1) is 16.3. The maximum absolute atomic E-state index is 11.1. The van der Waals surface area contributed by atoms with Gasteiger partial charge in [-0.1, -0.05) is 19.9 Å². The van der Waals surface area contributed by atoms with Gasteiger partial charge in [-0.05, 0) is 17.7 Å². The number of benzene rings is 1. The third-order valence-electron chi connectivity index (χ3n) is 2.65. The van der Waals surface area contributed by atoms with Crippen LogP contribution in [0.15, 0.2) is 18.2 Å². The Bertz CT molecular complexity index is 447. The zero-order valence-electron chi connectivity index (χ0n) is 11.9. The van der Waals surface area contributed by atoms with Crippen LogP contribution in [0.2, 0.25) is 0 Å². The number of aliphatic hydroxyl groups is 1. The Morgan fingerprint density at radius 3 is 2.55 bits per heavy atom. The van der Waals surface area contributed by atoms with E-state index in [0.29, 0.717) is 17.1 Å². The number of hydrogen-bond donors (Lipinski definition) is 3. The second kappa shape index (κ2) is 7.72. The van der Waals surface area contributed by atoms with Crippen molar-refractivity contribution in [1.29, 1.82) is 0 Å². The molecule has 112 valence electrons. The van der Waals surface area contributed by atoms with Crippen molar-refractivity contribution in [1.82, 2.24) is 5.32 Å². The molecule has 0 spiro atoms. The van der Waals surface area contributed by atoms with Gasteiger partial charge >= 0.3 is 5.97 Å². The van der Waals surface area contributed by atoms with Crippen LogP contribution in [-0.2, 0) is 11.4 Å². The minimum atomic E-state index is -0.968. The third kappa shape index (κ3) is 4.71. The van der Waals surface area contributed by atoms with Gasteiger partial charge in [0.05, 0.1) is 13.7 Å². The fourth-order valence-electron chi connectivity index (χ4n) is 1.70. The van der Waals surface area contributed by atoms with Gasteiger partial charge in [0, 0.05) is 6.04 Å². The second-order valence-electron chi connectivity index (χ2n) is 4.67. The SMILES string of the molecule is COc1cc(CO)ccc1OCC(NC(C)C)C(=O)O. The molecule has 1 rings (SSSR count). The number of aliphatic hydroxyl groups excluding tert-OH is 1. The van der Waals surface area contributed by atoms with Crippen molar-refractivity contribution < 1.29 is 24.5 Å². The predicted molar refractivity (Wildman–Crippen MR) is 74.1 cm³/mol. The summed E-state index contributed by atoms with van der Waals surface area (Å²) in [6.45, 7) is 3.63. The van der Waals surface area contributed by atoms with E-state index in [9.17, 15) is 4.79 Å². The molecular weight excluding hydrogens is 262 g/mol. The van der Waals surface area contributed by atoms with E-state index in [0.717, 1.165) is 0 Å². The number of carboxylic acids is 1. The van der Waals surface area contributed by atoms with Crippen molar-refractivity contribution in [2.24, 2.45) is 0 Å². The fourth-order valence-corrected chi connectivity index (χ4v) is 1.70. The van der Waals surface area contributed by atoms with Crippen molar-refractivity contribution in [2.45, 2.75) is 32.5 Å². The maximum Gasteiger partial charge on any atom is 0.324 e. The van der Waals surface area contributed by atoms with E-state index in [1.54, 1.807) is 18.2 Å². The monoisotopic (exact) mass is 283 g/mol.